The first-order valence-electron chi connectivity index (χ1n) is 5.14. The Hall–Kier alpha value is -0.830. The zero-order valence-electron chi connectivity index (χ0n) is 8.90. The smallest absolute Gasteiger partial charge is 0.230 e. The van der Waals surface area contributed by atoms with Gasteiger partial charge in [0.2, 0.25) is 5.24 Å². The molecule has 0 aliphatic rings. The van der Waals surface area contributed by atoms with Gasteiger partial charge in [-0.05, 0) is 47.2 Å². The molecule has 1 aromatic heterocycles. The Kier molecular flexibility index (Phi) is 4.21. The first-order valence-corrected chi connectivity index (χ1v) is 6.77. The summed E-state index contributed by atoms with van der Waals surface area (Å²) in [5.74, 6) is -0.266. The summed E-state index contributed by atoms with van der Waals surface area (Å²) >= 11 is 13.0. The summed E-state index contributed by atoms with van der Waals surface area (Å²) in [7, 11) is 0. The molecule has 88 valence electrons. The van der Waals surface area contributed by atoms with Crippen LogP contribution in [-0.4, -0.2) is 5.24 Å². The van der Waals surface area contributed by atoms with Crippen LogP contribution >= 0.6 is 34.5 Å². The fourth-order valence-corrected chi connectivity index (χ4v) is 2.85. The molecule has 0 radical (unpaired) electrons. The van der Waals surface area contributed by atoms with Gasteiger partial charge < -0.3 is 0 Å². The lowest BCUT2D eigenvalue weighted by Crippen LogP contribution is -2.08. The molecule has 1 heterocycles. The van der Waals surface area contributed by atoms with Crippen LogP contribution in [0.1, 0.15) is 16.4 Å². The Morgan fingerprint density at radius 3 is 2.47 bits per heavy atom. The van der Waals surface area contributed by atoms with Crippen molar-refractivity contribution in [2.75, 3.05) is 0 Å². The summed E-state index contributed by atoms with van der Waals surface area (Å²) in [4.78, 5) is 12.5. The van der Waals surface area contributed by atoms with Crippen LogP contribution in [0.5, 0.6) is 0 Å². The Labute approximate surface area is 114 Å². The van der Waals surface area contributed by atoms with Crippen molar-refractivity contribution >= 4 is 39.8 Å². The molecule has 4 heteroatoms. The molecule has 0 fully saturated rings. The summed E-state index contributed by atoms with van der Waals surface area (Å²) in [5.41, 5.74) is 1.06. The highest BCUT2D eigenvalue weighted by Crippen LogP contribution is 2.27. The number of halogens is 2. The molecule has 0 saturated carbocycles. The molecule has 0 amide bonds. The molecule has 1 unspecified atom stereocenters. The van der Waals surface area contributed by atoms with E-state index < -0.39 is 0 Å². The molecule has 0 bridgehead atoms. The maximum atomic E-state index is 11.5. The Morgan fingerprint density at radius 1 is 1.24 bits per heavy atom. The zero-order chi connectivity index (χ0) is 12.3. The van der Waals surface area contributed by atoms with Crippen molar-refractivity contribution < 1.29 is 4.79 Å². The highest BCUT2D eigenvalue weighted by atomic mass is 35.5. The second-order valence-electron chi connectivity index (χ2n) is 3.70. The second-order valence-corrected chi connectivity index (χ2v) is 5.49. The molecule has 0 N–H and O–H groups in total. The van der Waals surface area contributed by atoms with E-state index in [0.717, 1.165) is 10.4 Å². The number of carbonyl (C=O) groups is 1. The van der Waals surface area contributed by atoms with E-state index in [-0.39, 0.29) is 11.2 Å². The summed E-state index contributed by atoms with van der Waals surface area (Å²) < 4.78 is 0. The number of carbonyl (C=O) groups excluding carboxylic acids is 1. The Bertz CT molecular complexity index is 491. The average Bonchev–Trinajstić information content (AvgIpc) is 2.81. The third-order valence-corrected chi connectivity index (χ3v) is 4.02. The molecular weight excluding hydrogens is 275 g/mol. The third-order valence-electron chi connectivity index (χ3n) is 2.51. The Balaban J connectivity index is 2.19. The third kappa shape index (κ3) is 3.32. The van der Waals surface area contributed by atoms with Crippen LogP contribution < -0.4 is 0 Å². The lowest BCUT2D eigenvalue weighted by molar-refractivity contribution is -0.112. The van der Waals surface area contributed by atoms with E-state index in [0.29, 0.717) is 11.4 Å². The lowest BCUT2D eigenvalue weighted by Gasteiger charge is -2.10. The number of benzene rings is 1. The van der Waals surface area contributed by atoms with Crippen molar-refractivity contribution in [3.05, 3.63) is 57.2 Å². The van der Waals surface area contributed by atoms with Gasteiger partial charge in [0.25, 0.3) is 0 Å². The van der Waals surface area contributed by atoms with E-state index in [1.165, 1.54) is 0 Å². The van der Waals surface area contributed by atoms with E-state index in [1.807, 2.05) is 41.8 Å². The largest absolute Gasteiger partial charge is 0.281 e. The van der Waals surface area contributed by atoms with Gasteiger partial charge in [0.1, 0.15) is 0 Å². The van der Waals surface area contributed by atoms with Gasteiger partial charge in [-0.15, -0.1) is 11.3 Å². The monoisotopic (exact) mass is 284 g/mol. The molecule has 2 rings (SSSR count). The number of rotatable bonds is 4. The molecule has 1 nitrogen and oxygen atoms in total. The molecule has 0 saturated heterocycles. The number of hydrogen-bond donors (Lipinski definition) is 0. The second kappa shape index (κ2) is 5.67. The first kappa shape index (κ1) is 12.6. The maximum Gasteiger partial charge on any atom is 0.230 e. The quantitative estimate of drug-likeness (QED) is 0.756. The number of thiophene rings is 1. The molecule has 17 heavy (non-hydrogen) atoms. The molecular formula is C13H10Cl2OS. The van der Waals surface area contributed by atoms with Crippen molar-refractivity contribution in [3.8, 4) is 0 Å². The predicted molar refractivity (Wildman–Crippen MR) is 73.1 cm³/mol. The van der Waals surface area contributed by atoms with E-state index in [1.54, 1.807) is 11.3 Å². The van der Waals surface area contributed by atoms with Crippen LogP contribution in [0.4, 0.5) is 0 Å². The van der Waals surface area contributed by atoms with Crippen molar-refractivity contribution in [3.63, 3.8) is 0 Å². The molecule has 0 spiro atoms. The van der Waals surface area contributed by atoms with Crippen LogP contribution in [0.3, 0.4) is 0 Å². The summed E-state index contributed by atoms with van der Waals surface area (Å²) in [5, 5.41) is 2.32. The Morgan fingerprint density at radius 2 is 1.94 bits per heavy atom. The van der Waals surface area contributed by atoms with Crippen molar-refractivity contribution in [2.24, 2.45) is 0 Å². The van der Waals surface area contributed by atoms with Crippen molar-refractivity contribution in [2.45, 2.75) is 12.3 Å². The normalized spacial score (nSPS) is 12.4. The minimum Gasteiger partial charge on any atom is -0.281 e. The van der Waals surface area contributed by atoms with Gasteiger partial charge in [-0.2, -0.15) is 0 Å². The van der Waals surface area contributed by atoms with Gasteiger partial charge in [0.15, 0.2) is 0 Å². The minimum absolute atomic E-state index is 0.266. The van der Waals surface area contributed by atoms with Crippen molar-refractivity contribution in [1.29, 1.82) is 0 Å². The molecule has 2 aromatic rings. The fourth-order valence-electron chi connectivity index (χ4n) is 1.64. The zero-order valence-corrected chi connectivity index (χ0v) is 11.2. The van der Waals surface area contributed by atoms with Gasteiger partial charge in [-0.1, -0.05) is 29.8 Å². The van der Waals surface area contributed by atoms with Gasteiger partial charge in [0, 0.05) is 9.90 Å². The maximum absolute atomic E-state index is 11.5. The minimum atomic E-state index is -0.317. The van der Waals surface area contributed by atoms with Gasteiger partial charge >= 0.3 is 0 Å². The fraction of sp³-hybridized carbons (Fsp3) is 0.154. The van der Waals surface area contributed by atoms with Crippen LogP contribution in [0.25, 0.3) is 0 Å². The molecule has 0 aliphatic carbocycles. The number of hydrogen-bond acceptors (Lipinski definition) is 2. The SMILES string of the molecule is O=C(Cl)C(Cc1ccc(Cl)cc1)c1cccs1. The van der Waals surface area contributed by atoms with Crippen molar-refractivity contribution in [1.82, 2.24) is 0 Å². The predicted octanol–water partition coefficient (Wildman–Crippen LogP) is 4.49. The highest BCUT2D eigenvalue weighted by molar-refractivity contribution is 7.10. The van der Waals surface area contributed by atoms with Gasteiger partial charge in [-0.25, -0.2) is 0 Å². The first-order chi connectivity index (χ1) is 8.16. The summed E-state index contributed by atoms with van der Waals surface area (Å²) in [6.45, 7) is 0. The van der Waals surface area contributed by atoms with E-state index in [9.17, 15) is 4.79 Å². The summed E-state index contributed by atoms with van der Waals surface area (Å²) in [6.07, 6.45) is 0.611. The molecule has 0 aliphatic heterocycles. The van der Waals surface area contributed by atoms with E-state index in [4.69, 9.17) is 23.2 Å². The van der Waals surface area contributed by atoms with Crippen LogP contribution in [-0.2, 0) is 11.2 Å². The van der Waals surface area contributed by atoms with E-state index in [2.05, 4.69) is 0 Å². The van der Waals surface area contributed by atoms with Crippen LogP contribution in [0.2, 0.25) is 5.02 Å². The standard InChI is InChI=1S/C13H10Cl2OS/c14-10-5-3-9(4-6-10)8-11(13(15)16)12-2-1-7-17-12/h1-7,11H,8H2. The average molecular weight is 285 g/mol. The summed E-state index contributed by atoms with van der Waals surface area (Å²) in [6, 6.07) is 11.3. The van der Waals surface area contributed by atoms with E-state index >= 15 is 0 Å². The molecule has 1 aromatic carbocycles. The van der Waals surface area contributed by atoms with Gasteiger partial charge in [0.05, 0.1) is 5.92 Å². The lowest BCUT2D eigenvalue weighted by atomic mass is 9.99. The topological polar surface area (TPSA) is 17.1 Å². The van der Waals surface area contributed by atoms with Crippen LogP contribution in [0, 0.1) is 0 Å². The molecule has 1 atom stereocenters. The van der Waals surface area contributed by atoms with Crippen LogP contribution in [0.15, 0.2) is 41.8 Å². The highest BCUT2D eigenvalue weighted by Gasteiger charge is 2.20. The van der Waals surface area contributed by atoms with Gasteiger partial charge in [-0.3, -0.25) is 4.79 Å².